The molecule has 0 saturated heterocycles. The van der Waals surface area contributed by atoms with Crippen molar-refractivity contribution in [1.29, 1.82) is 5.26 Å². The standard InChI is InChI=1S/C10H8F3NO2/c1-16-9-3-8(10(11,12)13)6(4-14)2-7(9)5-15/h2-3,15H,5H2,1H3. The van der Waals surface area contributed by atoms with E-state index < -0.39 is 23.9 Å². The number of aliphatic hydroxyl groups is 1. The molecule has 3 nitrogen and oxygen atoms in total. The van der Waals surface area contributed by atoms with Gasteiger partial charge in [0.2, 0.25) is 0 Å². The van der Waals surface area contributed by atoms with E-state index in [9.17, 15) is 13.2 Å². The summed E-state index contributed by atoms with van der Waals surface area (Å²) in [6.45, 7) is -0.490. The first-order valence-electron chi connectivity index (χ1n) is 4.23. The first kappa shape index (κ1) is 12.3. The molecule has 0 amide bonds. The van der Waals surface area contributed by atoms with Crippen molar-refractivity contribution in [2.45, 2.75) is 12.8 Å². The zero-order valence-electron chi connectivity index (χ0n) is 8.30. The first-order valence-corrected chi connectivity index (χ1v) is 4.23. The molecule has 6 heteroatoms. The monoisotopic (exact) mass is 231 g/mol. The van der Waals surface area contributed by atoms with E-state index in [1.807, 2.05) is 0 Å². The molecular weight excluding hydrogens is 223 g/mol. The van der Waals surface area contributed by atoms with E-state index in [1.54, 1.807) is 0 Å². The fraction of sp³-hybridized carbons (Fsp3) is 0.300. The highest BCUT2D eigenvalue weighted by atomic mass is 19.4. The number of methoxy groups -OCH3 is 1. The van der Waals surface area contributed by atoms with Gasteiger partial charge in [0.25, 0.3) is 0 Å². The third-order valence-electron chi connectivity index (χ3n) is 2.02. The molecule has 1 N–H and O–H groups in total. The van der Waals surface area contributed by atoms with E-state index in [2.05, 4.69) is 0 Å². The van der Waals surface area contributed by atoms with Crippen LogP contribution in [0, 0.1) is 11.3 Å². The Labute approximate surface area is 89.7 Å². The predicted octanol–water partition coefficient (Wildman–Crippen LogP) is 2.08. The van der Waals surface area contributed by atoms with Crippen molar-refractivity contribution in [3.63, 3.8) is 0 Å². The number of nitrogens with zero attached hydrogens (tertiary/aromatic N) is 1. The van der Waals surface area contributed by atoms with Gasteiger partial charge in [0.15, 0.2) is 0 Å². The summed E-state index contributed by atoms with van der Waals surface area (Å²) < 4.78 is 42.3. The van der Waals surface area contributed by atoms with Crippen LogP contribution in [-0.4, -0.2) is 12.2 Å². The number of ether oxygens (including phenoxy) is 1. The van der Waals surface area contributed by atoms with Crippen LogP contribution in [0.3, 0.4) is 0 Å². The van der Waals surface area contributed by atoms with Gasteiger partial charge in [-0.3, -0.25) is 0 Å². The Morgan fingerprint density at radius 3 is 2.44 bits per heavy atom. The summed E-state index contributed by atoms with van der Waals surface area (Å²) >= 11 is 0. The van der Waals surface area contributed by atoms with E-state index >= 15 is 0 Å². The summed E-state index contributed by atoms with van der Waals surface area (Å²) in [6, 6.07) is 3.13. The summed E-state index contributed by atoms with van der Waals surface area (Å²) in [5.74, 6) is -0.0891. The van der Waals surface area contributed by atoms with Gasteiger partial charge in [-0.15, -0.1) is 0 Å². The lowest BCUT2D eigenvalue weighted by Gasteiger charge is -2.13. The molecule has 0 atom stereocenters. The maximum absolute atomic E-state index is 12.5. The Kier molecular flexibility index (Phi) is 3.40. The quantitative estimate of drug-likeness (QED) is 0.847. The minimum Gasteiger partial charge on any atom is -0.496 e. The Hall–Kier alpha value is -1.74. The van der Waals surface area contributed by atoms with Gasteiger partial charge in [-0.05, 0) is 12.1 Å². The molecule has 1 aromatic rings. The average molecular weight is 231 g/mol. The third-order valence-corrected chi connectivity index (χ3v) is 2.02. The van der Waals surface area contributed by atoms with Gasteiger partial charge in [0.1, 0.15) is 5.75 Å². The number of halogens is 3. The Morgan fingerprint density at radius 1 is 1.44 bits per heavy atom. The molecule has 1 rings (SSSR count). The molecular formula is C10H8F3NO2. The lowest BCUT2D eigenvalue weighted by molar-refractivity contribution is -0.137. The number of nitriles is 1. The normalized spacial score (nSPS) is 11.0. The second-order valence-electron chi connectivity index (χ2n) is 2.98. The minimum absolute atomic E-state index is 0.0891. The largest absolute Gasteiger partial charge is 0.496 e. The maximum Gasteiger partial charge on any atom is 0.417 e. The third kappa shape index (κ3) is 2.25. The maximum atomic E-state index is 12.5. The van der Waals surface area contributed by atoms with Crippen LogP contribution in [0.15, 0.2) is 12.1 Å². The smallest absolute Gasteiger partial charge is 0.417 e. The fourth-order valence-corrected chi connectivity index (χ4v) is 1.27. The molecule has 0 radical (unpaired) electrons. The molecule has 0 saturated carbocycles. The van der Waals surface area contributed by atoms with Gasteiger partial charge in [-0.1, -0.05) is 0 Å². The van der Waals surface area contributed by atoms with E-state index in [0.29, 0.717) is 6.07 Å². The number of hydrogen-bond acceptors (Lipinski definition) is 3. The van der Waals surface area contributed by atoms with Gasteiger partial charge in [0.05, 0.1) is 30.9 Å². The summed E-state index contributed by atoms with van der Waals surface area (Å²) in [5, 5.41) is 17.5. The molecule has 86 valence electrons. The lowest BCUT2D eigenvalue weighted by atomic mass is 10.0. The predicted molar refractivity (Wildman–Crippen MR) is 48.6 cm³/mol. The van der Waals surface area contributed by atoms with Crippen LogP contribution >= 0.6 is 0 Å². The Morgan fingerprint density at radius 2 is 2.06 bits per heavy atom. The van der Waals surface area contributed by atoms with Gasteiger partial charge in [-0.2, -0.15) is 18.4 Å². The fourth-order valence-electron chi connectivity index (χ4n) is 1.27. The number of rotatable bonds is 2. The molecule has 16 heavy (non-hydrogen) atoms. The number of alkyl halides is 3. The summed E-state index contributed by atoms with van der Waals surface area (Å²) in [6.07, 6.45) is -4.62. The summed E-state index contributed by atoms with van der Waals surface area (Å²) in [5.41, 5.74) is -1.45. The Balaban J connectivity index is 3.45. The molecule has 1 aromatic carbocycles. The molecule has 0 spiro atoms. The second kappa shape index (κ2) is 4.41. The van der Waals surface area contributed by atoms with Gasteiger partial charge >= 0.3 is 6.18 Å². The van der Waals surface area contributed by atoms with Crippen LogP contribution < -0.4 is 4.74 Å². The van der Waals surface area contributed by atoms with Crippen LogP contribution in [0.1, 0.15) is 16.7 Å². The van der Waals surface area contributed by atoms with Crippen molar-refractivity contribution >= 4 is 0 Å². The van der Waals surface area contributed by atoms with Crippen molar-refractivity contribution in [2.24, 2.45) is 0 Å². The van der Waals surface area contributed by atoms with Gasteiger partial charge in [0, 0.05) is 5.56 Å². The molecule has 0 fully saturated rings. The van der Waals surface area contributed by atoms with Crippen LogP contribution in [0.5, 0.6) is 5.75 Å². The van der Waals surface area contributed by atoms with Crippen LogP contribution in [0.25, 0.3) is 0 Å². The van der Waals surface area contributed by atoms with Crippen molar-refractivity contribution in [1.82, 2.24) is 0 Å². The highest BCUT2D eigenvalue weighted by molar-refractivity contribution is 5.49. The van der Waals surface area contributed by atoms with Crippen LogP contribution in [0.4, 0.5) is 13.2 Å². The lowest BCUT2D eigenvalue weighted by Crippen LogP contribution is -2.09. The topological polar surface area (TPSA) is 53.2 Å². The van der Waals surface area contributed by atoms with E-state index in [0.717, 1.165) is 6.07 Å². The van der Waals surface area contributed by atoms with Crippen LogP contribution in [0.2, 0.25) is 0 Å². The minimum atomic E-state index is -4.62. The Bertz CT molecular complexity index is 435. The van der Waals surface area contributed by atoms with Gasteiger partial charge < -0.3 is 9.84 Å². The highest BCUT2D eigenvalue weighted by Gasteiger charge is 2.34. The number of hydrogen-bond donors (Lipinski definition) is 1. The SMILES string of the molecule is COc1cc(C(F)(F)F)c(C#N)cc1CO. The second-order valence-corrected chi connectivity index (χ2v) is 2.98. The summed E-state index contributed by atoms with van der Waals surface area (Å²) in [4.78, 5) is 0. The van der Waals surface area contributed by atoms with Crippen molar-refractivity contribution in [3.8, 4) is 11.8 Å². The van der Waals surface area contributed by atoms with Crippen LogP contribution in [-0.2, 0) is 12.8 Å². The van der Waals surface area contributed by atoms with Crippen molar-refractivity contribution < 1.29 is 23.0 Å². The van der Waals surface area contributed by atoms with Crippen molar-refractivity contribution in [2.75, 3.05) is 7.11 Å². The average Bonchev–Trinajstić information content (AvgIpc) is 2.25. The molecule has 0 heterocycles. The zero-order valence-corrected chi connectivity index (χ0v) is 8.30. The zero-order chi connectivity index (χ0) is 12.3. The number of benzene rings is 1. The van der Waals surface area contributed by atoms with E-state index in [1.165, 1.54) is 13.2 Å². The molecule has 0 aromatic heterocycles. The molecule has 0 bridgehead atoms. The van der Waals surface area contributed by atoms with Gasteiger partial charge in [-0.25, -0.2) is 0 Å². The first-order chi connectivity index (χ1) is 7.43. The molecule has 0 aliphatic heterocycles. The van der Waals surface area contributed by atoms with E-state index in [-0.39, 0.29) is 11.3 Å². The molecule has 0 unspecified atom stereocenters. The summed E-state index contributed by atoms with van der Waals surface area (Å²) in [7, 11) is 1.20. The number of aliphatic hydroxyl groups excluding tert-OH is 1. The molecule has 0 aliphatic rings. The van der Waals surface area contributed by atoms with Crippen molar-refractivity contribution in [3.05, 3.63) is 28.8 Å². The molecule has 0 aliphatic carbocycles. The highest BCUT2D eigenvalue weighted by Crippen LogP contribution is 2.35. The van der Waals surface area contributed by atoms with E-state index in [4.69, 9.17) is 15.1 Å².